The van der Waals surface area contributed by atoms with E-state index in [0.29, 0.717) is 0 Å². The zero-order chi connectivity index (χ0) is 13.2. The predicted octanol–water partition coefficient (Wildman–Crippen LogP) is 3.34. The molecule has 3 aromatic rings. The molecule has 0 radical (unpaired) electrons. The zero-order valence-corrected chi connectivity index (χ0v) is 10.9. The first-order valence-corrected chi connectivity index (χ1v) is 6.10. The Balaban J connectivity index is 2.00. The normalized spacial score (nSPS) is 10.6. The highest BCUT2D eigenvalue weighted by Gasteiger charge is 2.09. The maximum Gasteiger partial charge on any atom is 0.208 e. The number of methoxy groups -OCH3 is 1. The third-order valence-corrected chi connectivity index (χ3v) is 3.14. The van der Waals surface area contributed by atoms with E-state index in [2.05, 4.69) is 9.97 Å². The van der Waals surface area contributed by atoms with Crippen molar-refractivity contribution in [1.82, 2.24) is 9.97 Å². The molecule has 0 unspecified atom stereocenters. The minimum Gasteiger partial charge on any atom is -0.497 e. The lowest BCUT2D eigenvalue weighted by Crippen LogP contribution is -2.10. The standard InChI is InChI=1S/C15H15N3O/c1-18(11-6-5-7-12(10-11)19-2)15-16-13-8-3-4-9-14(13)17-15/h3-10H,1-2H3,(H,16,17). The van der Waals surface area contributed by atoms with Gasteiger partial charge in [0, 0.05) is 18.8 Å². The van der Waals surface area contributed by atoms with Gasteiger partial charge in [-0.15, -0.1) is 0 Å². The van der Waals surface area contributed by atoms with E-state index in [9.17, 15) is 0 Å². The van der Waals surface area contributed by atoms with E-state index in [1.54, 1.807) is 7.11 Å². The second kappa shape index (κ2) is 4.65. The number of hydrogen-bond acceptors (Lipinski definition) is 3. The molecule has 96 valence electrons. The lowest BCUT2D eigenvalue weighted by molar-refractivity contribution is 0.415. The minimum absolute atomic E-state index is 0.814. The summed E-state index contributed by atoms with van der Waals surface area (Å²) in [6.07, 6.45) is 0. The number of nitrogens with zero attached hydrogens (tertiary/aromatic N) is 2. The molecule has 19 heavy (non-hydrogen) atoms. The third-order valence-electron chi connectivity index (χ3n) is 3.14. The maximum atomic E-state index is 5.24. The summed E-state index contributed by atoms with van der Waals surface area (Å²) in [5.74, 6) is 1.65. The predicted molar refractivity (Wildman–Crippen MR) is 77.2 cm³/mol. The van der Waals surface area contributed by atoms with Crippen molar-refractivity contribution in [1.29, 1.82) is 0 Å². The van der Waals surface area contributed by atoms with E-state index < -0.39 is 0 Å². The Hall–Kier alpha value is -2.49. The van der Waals surface area contributed by atoms with E-state index in [0.717, 1.165) is 28.4 Å². The molecular weight excluding hydrogens is 238 g/mol. The molecule has 0 bridgehead atoms. The molecule has 0 saturated heterocycles. The minimum atomic E-state index is 0.814. The van der Waals surface area contributed by atoms with Gasteiger partial charge in [-0.25, -0.2) is 4.98 Å². The van der Waals surface area contributed by atoms with Gasteiger partial charge >= 0.3 is 0 Å². The number of aromatic amines is 1. The average Bonchev–Trinajstić information content (AvgIpc) is 2.90. The monoisotopic (exact) mass is 253 g/mol. The van der Waals surface area contributed by atoms with Gasteiger partial charge in [0.1, 0.15) is 5.75 Å². The summed E-state index contributed by atoms with van der Waals surface area (Å²) in [5.41, 5.74) is 3.03. The quantitative estimate of drug-likeness (QED) is 0.778. The van der Waals surface area contributed by atoms with Crippen LogP contribution in [-0.4, -0.2) is 24.1 Å². The number of H-pyrrole nitrogens is 1. The van der Waals surface area contributed by atoms with Gasteiger partial charge in [0.15, 0.2) is 0 Å². The van der Waals surface area contributed by atoms with Crippen molar-refractivity contribution in [3.05, 3.63) is 48.5 Å². The largest absolute Gasteiger partial charge is 0.497 e. The van der Waals surface area contributed by atoms with Crippen LogP contribution in [0.15, 0.2) is 48.5 Å². The molecule has 4 heteroatoms. The number of hydrogen-bond donors (Lipinski definition) is 1. The fraction of sp³-hybridized carbons (Fsp3) is 0.133. The zero-order valence-electron chi connectivity index (χ0n) is 10.9. The second-order valence-electron chi connectivity index (χ2n) is 4.34. The molecule has 4 nitrogen and oxygen atoms in total. The summed E-state index contributed by atoms with van der Waals surface area (Å²) in [4.78, 5) is 9.88. The third kappa shape index (κ3) is 2.12. The molecule has 0 atom stereocenters. The number of benzene rings is 2. The summed E-state index contributed by atoms with van der Waals surface area (Å²) in [6, 6.07) is 15.9. The fourth-order valence-corrected chi connectivity index (χ4v) is 2.04. The first-order valence-electron chi connectivity index (χ1n) is 6.10. The van der Waals surface area contributed by atoms with Crippen molar-refractivity contribution >= 4 is 22.7 Å². The SMILES string of the molecule is COc1cccc(N(C)c2nc3ccccc3[nH]2)c1. The number of anilines is 2. The van der Waals surface area contributed by atoms with Gasteiger partial charge in [0.2, 0.25) is 5.95 Å². The van der Waals surface area contributed by atoms with Crippen LogP contribution in [0, 0.1) is 0 Å². The Bertz CT molecular complexity index is 672. The van der Waals surface area contributed by atoms with Crippen LogP contribution < -0.4 is 9.64 Å². The van der Waals surface area contributed by atoms with Crippen LogP contribution >= 0.6 is 0 Å². The lowest BCUT2D eigenvalue weighted by atomic mass is 10.3. The Morgan fingerprint density at radius 2 is 1.95 bits per heavy atom. The summed E-state index contributed by atoms with van der Waals surface area (Å²) in [7, 11) is 3.65. The van der Waals surface area contributed by atoms with E-state index >= 15 is 0 Å². The molecule has 3 rings (SSSR count). The van der Waals surface area contributed by atoms with Crippen LogP contribution in [0.3, 0.4) is 0 Å². The number of imidazole rings is 1. The van der Waals surface area contributed by atoms with Crippen LogP contribution in [0.4, 0.5) is 11.6 Å². The van der Waals surface area contributed by atoms with Gasteiger partial charge in [-0.2, -0.15) is 0 Å². The number of nitrogens with one attached hydrogen (secondary N) is 1. The first kappa shape index (κ1) is 11.6. The smallest absolute Gasteiger partial charge is 0.208 e. The molecule has 0 fully saturated rings. The van der Waals surface area contributed by atoms with Gasteiger partial charge in [-0.1, -0.05) is 18.2 Å². The van der Waals surface area contributed by atoms with Crippen molar-refractivity contribution in [2.24, 2.45) is 0 Å². The van der Waals surface area contributed by atoms with Gasteiger partial charge in [-0.3, -0.25) is 0 Å². The molecule has 1 heterocycles. The molecule has 0 amide bonds. The first-order chi connectivity index (χ1) is 9.28. The number of rotatable bonds is 3. The van der Waals surface area contributed by atoms with E-state index in [4.69, 9.17) is 4.74 Å². The molecule has 2 aromatic carbocycles. The van der Waals surface area contributed by atoms with Crippen LogP contribution in [0.25, 0.3) is 11.0 Å². The molecule has 0 spiro atoms. The topological polar surface area (TPSA) is 41.1 Å². The van der Waals surface area contributed by atoms with Gasteiger partial charge in [-0.05, 0) is 24.3 Å². The molecule has 0 saturated carbocycles. The van der Waals surface area contributed by atoms with Crippen molar-refractivity contribution in [3.8, 4) is 5.75 Å². The Morgan fingerprint density at radius 3 is 2.74 bits per heavy atom. The van der Waals surface area contributed by atoms with Gasteiger partial charge in [0.05, 0.1) is 18.1 Å². The second-order valence-corrected chi connectivity index (χ2v) is 4.34. The van der Waals surface area contributed by atoms with E-state index in [-0.39, 0.29) is 0 Å². The van der Waals surface area contributed by atoms with Gasteiger partial charge < -0.3 is 14.6 Å². The van der Waals surface area contributed by atoms with Crippen molar-refractivity contribution in [2.75, 3.05) is 19.1 Å². The number of fused-ring (bicyclic) bond motifs is 1. The van der Waals surface area contributed by atoms with E-state index in [1.807, 2.05) is 60.5 Å². The Labute approximate surface area is 111 Å². The highest BCUT2D eigenvalue weighted by atomic mass is 16.5. The highest BCUT2D eigenvalue weighted by Crippen LogP contribution is 2.26. The fourth-order valence-electron chi connectivity index (χ4n) is 2.04. The van der Waals surface area contributed by atoms with Crippen LogP contribution in [0.1, 0.15) is 0 Å². The van der Waals surface area contributed by atoms with Crippen molar-refractivity contribution in [2.45, 2.75) is 0 Å². The highest BCUT2D eigenvalue weighted by molar-refractivity contribution is 5.78. The molecule has 0 aliphatic rings. The lowest BCUT2D eigenvalue weighted by Gasteiger charge is -2.16. The number of aromatic nitrogens is 2. The molecule has 1 N–H and O–H groups in total. The summed E-state index contributed by atoms with van der Waals surface area (Å²) < 4.78 is 5.24. The maximum absolute atomic E-state index is 5.24. The molecular formula is C15H15N3O. The molecule has 1 aromatic heterocycles. The number of para-hydroxylation sites is 2. The van der Waals surface area contributed by atoms with Crippen LogP contribution in [-0.2, 0) is 0 Å². The molecule has 0 aliphatic carbocycles. The average molecular weight is 253 g/mol. The number of ether oxygens (including phenoxy) is 1. The van der Waals surface area contributed by atoms with Crippen LogP contribution in [0.5, 0.6) is 5.75 Å². The van der Waals surface area contributed by atoms with Crippen molar-refractivity contribution in [3.63, 3.8) is 0 Å². The Morgan fingerprint density at radius 1 is 1.11 bits per heavy atom. The van der Waals surface area contributed by atoms with Gasteiger partial charge in [0.25, 0.3) is 0 Å². The summed E-state index contributed by atoms with van der Waals surface area (Å²) in [6.45, 7) is 0. The van der Waals surface area contributed by atoms with Crippen LogP contribution in [0.2, 0.25) is 0 Å². The molecule has 0 aliphatic heterocycles. The summed E-state index contributed by atoms with van der Waals surface area (Å²) in [5, 5.41) is 0. The van der Waals surface area contributed by atoms with Crippen molar-refractivity contribution < 1.29 is 4.74 Å². The summed E-state index contributed by atoms with van der Waals surface area (Å²) >= 11 is 0. The Kier molecular flexibility index (Phi) is 2.83. The van der Waals surface area contributed by atoms with E-state index in [1.165, 1.54) is 0 Å².